The molecule has 0 radical (unpaired) electrons. The van der Waals surface area contributed by atoms with Gasteiger partial charge in [0.2, 0.25) is 5.91 Å². The maximum absolute atomic E-state index is 13.1. The van der Waals surface area contributed by atoms with Gasteiger partial charge >= 0.3 is 0 Å². The minimum atomic E-state index is -1.54. The van der Waals surface area contributed by atoms with Crippen LogP contribution in [0.15, 0.2) is 18.3 Å². The maximum atomic E-state index is 13.1. The molecular weight excluding hydrogens is 308 g/mol. The van der Waals surface area contributed by atoms with Crippen molar-refractivity contribution in [2.24, 2.45) is 0 Å². The fraction of sp³-hybridized carbons (Fsp3) is 0.647. The van der Waals surface area contributed by atoms with Gasteiger partial charge in [-0.1, -0.05) is 25.7 Å². The molecule has 0 bridgehead atoms. The van der Waals surface area contributed by atoms with Gasteiger partial charge < -0.3 is 9.84 Å². The molecule has 1 spiro atoms. The monoisotopic (exact) mass is 335 g/mol. The number of aromatic nitrogens is 1. The van der Waals surface area contributed by atoms with Crippen LogP contribution >= 0.6 is 0 Å². The third-order valence-corrected chi connectivity index (χ3v) is 6.48. The van der Waals surface area contributed by atoms with Gasteiger partial charge in [0.25, 0.3) is 0 Å². The predicted molar refractivity (Wildman–Crippen MR) is 92.2 cm³/mol. The summed E-state index contributed by atoms with van der Waals surface area (Å²) in [6.45, 7) is 7.69. The number of pyridine rings is 1. The second kappa shape index (κ2) is 6.00. The Kier molecular flexibility index (Phi) is 3.99. The number of rotatable bonds is 5. The van der Waals surface area contributed by atoms with Gasteiger partial charge in [-0.2, -0.15) is 0 Å². The molecule has 1 aromatic heterocycles. The summed E-state index contributed by atoms with van der Waals surface area (Å²) in [6, 6.07) is 4.75. The van der Waals surface area contributed by atoms with Crippen LogP contribution in [-0.2, 0) is 14.9 Å². The summed E-state index contributed by atoms with van der Waals surface area (Å²) in [4.78, 5) is 19.0. The second-order valence-electron chi connectivity index (χ2n) is 7.78. The van der Waals surface area contributed by atoms with E-state index in [1.54, 1.807) is 11.1 Å². The van der Waals surface area contributed by atoms with Crippen molar-refractivity contribution in [2.75, 3.05) is 18.2 Å². The van der Waals surface area contributed by atoms with Crippen LogP contribution in [0.3, 0.4) is 0 Å². The number of carbonyl (C=O) groups is 1. The van der Waals surface area contributed by atoms with E-state index in [4.69, 9.17) is 6.11 Å². The molecule has 5 nitrogen and oxygen atoms in total. The fourth-order valence-corrected chi connectivity index (χ4v) is 4.16. The quantitative estimate of drug-likeness (QED) is 0.663. The topological polar surface area (TPSA) is 62.7 Å². The van der Waals surface area contributed by atoms with Crippen LogP contribution in [0.4, 0.5) is 5.82 Å². The minimum absolute atomic E-state index is 0.0904. The molecule has 2 heterocycles. The molecule has 3 rings (SSSR count). The average Bonchev–Trinajstić information content (AvgIpc) is 2.93. The Labute approximate surface area is 140 Å². The highest BCUT2D eigenvalue weighted by atomic mass is 28.3. The Morgan fingerprint density at radius 1 is 1.57 bits per heavy atom. The highest BCUT2D eigenvalue weighted by Crippen LogP contribution is 2.50. The Bertz CT molecular complexity index is 647. The zero-order valence-electron chi connectivity index (χ0n) is 15.1. The normalized spacial score (nSPS) is 30.9. The van der Waals surface area contributed by atoms with Crippen molar-refractivity contribution < 1.29 is 16.0 Å². The molecule has 0 aromatic carbocycles. The highest BCUT2D eigenvalue weighted by Gasteiger charge is 2.55. The summed E-state index contributed by atoms with van der Waals surface area (Å²) < 4.78 is 13.7. The zero-order chi connectivity index (χ0) is 17.6. The molecule has 126 valence electrons. The van der Waals surface area contributed by atoms with Crippen molar-refractivity contribution >= 4 is 19.8 Å². The number of fused-ring (bicyclic) bond motifs is 2. The van der Waals surface area contributed by atoms with Crippen molar-refractivity contribution in [3.63, 3.8) is 0 Å². The van der Waals surface area contributed by atoms with Crippen molar-refractivity contribution in [1.29, 1.82) is 0 Å². The molecule has 0 saturated heterocycles. The lowest BCUT2D eigenvalue weighted by molar-refractivity contribution is -0.124. The van der Waals surface area contributed by atoms with Crippen LogP contribution in [-0.4, -0.2) is 43.5 Å². The molecule has 1 fully saturated rings. The van der Waals surface area contributed by atoms with Crippen molar-refractivity contribution in [1.82, 2.24) is 4.98 Å². The number of aliphatic hydroxyl groups is 1. The summed E-state index contributed by atoms with van der Waals surface area (Å²) in [7, 11) is -1.18. The molecule has 1 saturated carbocycles. The van der Waals surface area contributed by atoms with Crippen molar-refractivity contribution in [3.8, 4) is 0 Å². The summed E-state index contributed by atoms with van der Waals surface area (Å²) in [5.74, 6) is 0.528. The molecular formula is C17H26N2O3Si. The molecule has 1 N–H and O–H groups in total. The zero-order valence-corrected chi connectivity index (χ0v) is 15.1. The summed E-state index contributed by atoms with van der Waals surface area (Å²) >= 11 is 0. The van der Waals surface area contributed by atoms with Crippen LogP contribution in [0, 0.1) is 0 Å². The van der Waals surface area contributed by atoms with Gasteiger partial charge in [0.15, 0.2) is 0 Å². The third-order valence-electron chi connectivity index (χ3n) is 4.78. The van der Waals surface area contributed by atoms with Gasteiger partial charge in [-0.3, -0.25) is 9.69 Å². The number of ether oxygens (including phenoxy) is 1. The van der Waals surface area contributed by atoms with Crippen LogP contribution < -0.4 is 4.90 Å². The summed E-state index contributed by atoms with van der Waals surface area (Å²) in [6.07, 6.45) is 1.04. The van der Waals surface area contributed by atoms with Gasteiger partial charge in [0.05, 0.1) is 12.9 Å². The fourth-order valence-electron chi connectivity index (χ4n) is 3.40. The number of nitrogens with zero attached hydrogens (tertiary/aromatic N) is 2. The first-order valence-corrected chi connectivity index (χ1v) is 11.9. The minimum Gasteiger partial charge on any atom is -0.393 e. The average molecular weight is 335 g/mol. The molecule has 1 aliphatic heterocycles. The van der Waals surface area contributed by atoms with E-state index >= 15 is 0 Å². The predicted octanol–water partition coefficient (Wildman–Crippen LogP) is 2.52. The SMILES string of the molecule is [2H]C1(O)CCC2(C1)C(=O)N(COCC[Si](C)(C)C)c1ncccc12. The lowest BCUT2D eigenvalue weighted by Crippen LogP contribution is -2.40. The number of amides is 1. The standard InChI is InChI=1S/C17H26N2O3Si/c1-23(2,3)10-9-22-12-19-15-14(5-4-8-18-15)17(16(19)21)7-6-13(20)11-17/h4-5,8,13,20H,6-7,9-12H2,1-3H3/i13D. The number of hydrogen-bond acceptors (Lipinski definition) is 4. The van der Waals surface area contributed by atoms with E-state index in [0.717, 1.165) is 11.6 Å². The largest absolute Gasteiger partial charge is 0.393 e. The Morgan fingerprint density at radius 2 is 2.35 bits per heavy atom. The molecule has 2 atom stereocenters. The van der Waals surface area contributed by atoms with E-state index in [-0.39, 0.29) is 19.1 Å². The van der Waals surface area contributed by atoms with Crippen LogP contribution in [0.5, 0.6) is 0 Å². The Morgan fingerprint density at radius 3 is 3.00 bits per heavy atom. The Balaban J connectivity index is 1.79. The van der Waals surface area contributed by atoms with Gasteiger partial charge in [-0.25, -0.2) is 4.98 Å². The van der Waals surface area contributed by atoms with E-state index in [1.165, 1.54) is 0 Å². The van der Waals surface area contributed by atoms with Crippen LogP contribution in [0.1, 0.15) is 26.2 Å². The van der Waals surface area contributed by atoms with E-state index in [1.807, 2.05) is 12.1 Å². The lowest BCUT2D eigenvalue weighted by atomic mass is 9.80. The Hall–Kier alpha value is -1.24. The first-order chi connectivity index (χ1) is 11.1. The van der Waals surface area contributed by atoms with Crippen molar-refractivity contribution in [3.05, 3.63) is 23.9 Å². The highest BCUT2D eigenvalue weighted by molar-refractivity contribution is 6.76. The molecule has 1 aromatic rings. The number of hydrogen-bond donors (Lipinski definition) is 1. The molecule has 2 aliphatic rings. The maximum Gasteiger partial charge on any atom is 0.240 e. The molecule has 1 amide bonds. The van der Waals surface area contributed by atoms with E-state index in [9.17, 15) is 9.90 Å². The van der Waals surface area contributed by atoms with E-state index in [0.29, 0.717) is 25.3 Å². The second-order valence-corrected chi connectivity index (χ2v) is 13.4. The van der Waals surface area contributed by atoms with Gasteiger partial charge in [-0.05, 0) is 31.4 Å². The smallest absolute Gasteiger partial charge is 0.240 e. The van der Waals surface area contributed by atoms with Crippen LogP contribution in [0.2, 0.25) is 25.7 Å². The molecule has 23 heavy (non-hydrogen) atoms. The van der Waals surface area contributed by atoms with Crippen LogP contribution in [0.25, 0.3) is 0 Å². The van der Waals surface area contributed by atoms with E-state index < -0.39 is 19.6 Å². The van der Waals surface area contributed by atoms with Gasteiger partial charge in [0.1, 0.15) is 12.5 Å². The molecule has 6 heteroatoms. The molecule has 1 aliphatic carbocycles. The van der Waals surface area contributed by atoms with E-state index in [2.05, 4.69) is 24.6 Å². The lowest BCUT2D eigenvalue weighted by Gasteiger charge is -2.23. The molecule has 2 unspecified atom stereocenters. The van der Waals surface area contributed by atoms with Gasteiger partial charge in [0, 0.05) is 26.4 Å². The first-order valence-electron chi connectivity index (χ1n) is 8.72. The third kappa shape index (κ3) is 3.07. The van der Waals surface area contributed by atoms with Gasteiger partial charge in [-0.15, -0.1) is 0 Å². The number of carbonyl (C=O) groups excluding carboxylic acids is 1. The number of anilines is 1. The summed E-state index contributed by atoms with van der Waals surface area (Å²) in [5.41, 5.74) is 0.00867. The van der Waals surface area contributed by atoms with Crippen molar-refractivity contribution in [2.45, 2.75) is 56.4 Å². The first kappa shape index (κ1) is 15.3. The summed E-state index contributed by atoms with van der Waals surface area (Å²) in [5, 5.41) is 10.1.